The lowest BCUT2D eigenvalue weighted by atomic mass is 9.94. The zero-order valence-corrected chi connectivity index (χ0v) is 13.0. The number of carbonyl (C=O) groups is 3. The summed E-state index contributed by atoms with van der Waals surface area (Å²) in [6.45, 7) is 4.04. The van der Waals surface area contributed by atoms with Gasteiger partial charge in [-0.1, -0.05) is 19.8 Å². The summed E-state index contributed by atoms with van der Waals surface area (Å²) in [7, 11) is 1.26. The van der Waals surface area contributed by atoms with Crippen molar-refractivity contribution in [3.8, 4) is 0 Å². The van der Waals surface area contributed by atoms with Gasteiger partial charge >= 0.3 is 18.0 Å². The van der Waals surface area contributed by atoms with Gasteiger partial charge < -0.3 is 20.5 Å². The van der Waals surface area contributed by atoms with Crippen LogP contribution in [0, 0.1) is 5.92 Å². The van der Waals surface area contributed by atoms with Gasteiger partial charge in [0.05, 0.1) is 7.11 Å². The second-order valence-electron chi connectivity index (χ2n) is 5.02. The van der Waals surface area contributed by atoms with E-state index in [1.807, 2.05) is 6.92 Å². The van der Waals surface area contributed by atoms with E-state index in [4.69, 9.17) is 5.11 Å². The van der Waals surface area contributed by atoms with Crippen molar-refractivity contribution in [3.63, 3.8) is 0 Å². The quantitative estimate of drug-likeness (QED) is 0.531. The Bertz CT molecular complexity index is 346. The maximum Gasteiger partial charge on any atom is 0.328 e. The van der Waals surface area contributed by atoms with Crippen LogP contribution in [0.5, 0.6) is 0 Å². The van der Waals surface area contributed by atoms with Gasteiger partial charge in [-0.05, 0) is 25.7 Å². The molecule has 0 aliphatic carbocycles. The highest BCUT2D eigenvalue weighted by Crippen LogP contribution is 2.17. The maximum atomic E-state index is 11.6. The first kappa shape index (κ1) is 19.2. The minimum absolute atomic E-state index is 0.149. The molecule has 2 amide bonds. The summed E-state index contributed by atoms with van der Waals surface area (Å²) in [5.74, 6) is -1.02. The summed E-state index contributed by atoms with van der Waals surface area (Å²) in [6.07, 6.45) is 3.41. The molecule has 0 aliphatic rings. The fraction of sp³-hybridized carbons (Fsp3) is 0.786. The van der Waals surface area contributed by atoms with Gasteiger partial charge in [0.1, 0.15) is 6.04 Å². The summed E-state index contributed by atoms with van der Waals surface area (Å²) in [4.78, 5) is 33.3. The van der Waals surface area contributed by atoms with Crippen molar-refractivity contribution in [1.29, 1.82) is 0 Å². The number of carbonyl (C=O) groups excluding carboxylic acids is 2. The second kappa shape index (κ2) is 10.9. The van der Waals surface area contributed by atoms with Crippen LogP contribution in [-0.4, -0.2) is 42.8 Å². The van der Waals surface area contributed by atoms with Crippen molar-refractivity contribution in [3.05, 3.63) is 0 Å². The lowest BCUT2D eigenvalue weighted by Gasteiger charge is -2.16. The zero-order valence-electron chi connectivity index (χ0n) is 13.0. The van der Waals surface area contributed by atoms with E-state index < -0.39 is 24.0 Å². The van der Waals surface area contributed by atoms with Gasteiger partial charge in [-0.3, -0.25) is 4.79 Å². The third-order valence-electron chi connectivity index (χ3n) is 3.20. The van der Waals surface area contributed by atoms with E-state index in [0.29, 0.717) is 13.0 Å². The number of carboxylic acid groups (broad SMARTS) is 1. The van der Waals surface area contributed by atoms with E-state index in [1.165, 1.54) is 14.0 Å². The first-order valence-corrected chi connectivity index (χ1v) is 7.24. The molecule has 0 aromatic heterocycles. The maximum absolute atomic E-state index is 11.6. The molecule has 0 rings (SSSR count). The molecule has 0 bridgehead atoms. The Hall–Kier alpha value is -1.79. The third kappa shape index (κ3) is 9.70. The summed E-state index contributed by atoms with van der Waals surface area (Å²) in [5.41, 5.74) is 0. The van der Waals surface area contributed by atoms with Gasteiger partial charge in [0, 0.05) is 13.0 Å². The molecule has 0 radical (unpaired) electrons. The Morgan fingerprint density at radius 2 is 1.86 bits per heavy atom. The normalized spacial score (nSPS) is 13.1. The van der Waals surface area contributed by atoms with Crippen LogP contribution in [0.2, 0.25) is 0 Å². The molecule has 0 aliphatic heterocycles. The molecular weight excluding hydrogens is 276 g/mol. The number of amides is 2. The Labute approximate surface area is 125 Å². The molecule has 0 aromatic rings. The van der Waals surface area contributed by atoms with Crippen LogP contribution in [0.15, 0.2) is 0 Å². The van der Waals surface area contributed by atoms with Crippen molar-refractivity contribution in [2.75, 3.05) is 13.7 Å². The molecule has 21 heavy (non-hydrogen) atoms. The lowest BCUT2D eigenvalue weighted by molar-refractivity contribution is -0.142. The third-order valence-corrected chi connectivity index (χ3v) is 3.20. The number of rotatable bonds is 10. The van der Waals surface area contributed by atoms with E-state index >= 15 is 0 Å². The SMILES string of the molecule is CCCC(CCNC(=O)NC(C)C(=O)OC)CCC(=O)O. The van der Waals surface area contributed by atoms with Gasteiger partial charge in [-0.15, -0.1) is 0 Å². The van der Waals surface area contributed by atoms with Crippen LogP contribution in [0.1, 0.15) is 46.0 Å². The predicted octanol–water partition coefficient (Wildman–Crippen LogP) is 1.52. The van der Waals surface area contributed by atoms with Crippen molar-refractivity contribution in [2.24, 2.45) is 5.92 Å². The molecule has 0 saturated heterocycles. The van der Waals surface area contributed by atoms with Crippen LogP contribution in [0.25, 0.3) is 0 Å². The number of aliphatic carboxylic acids is 1. The number of hydrogen-bond donors (Lipinski definition) is 3. The molecule has 0 saturated carbocycles. The van der Waals surface area contributed by atoms with Gasteiger partial charge in [-0.2, -0.15) is 0 Å². The number of esters is 1. The van der Waals surface area contributed by atoms with E-state index in [0.717, 1.165) is 19.3 Å². The Morgan fingerprint density at radius 1 is 1.19 bits per heavy atom. The fourth-order valence-electron chi connectivity index (χ4n) is 2.04. The molecule has 3 N–H and O–H groups in total. The van der Waals surface area contributed by atoms with Crippen molar-refractivity contribution < 1.29 is 24.2 Å². The van der Waals surface area contributed by atoms with E-state index in [-0.39, 0.29) is 12.3 Å². The summed E-state index contributed by atoms with van der Waals surface area (Å²) >= 11 is 0. The van der Waals surface area contributed by atoms with Crippen molar-refractivity contribution >= 4 is 18.0 Å². The van der Waals surface area contributed by atoms with Crippen LogP contribution < -0.4 is 10.6 Å². The number of ether oxygens (including phenoxy) is 1. The summed E-state index contributed by atoms with van der Waals surface area (Å²) in [5, 5.41) is 13.8. The van der Waals surface area contributed by atoms with Gasteiger partial charge in [0.15, 0.2) is 0 Å². The molecule has 122 valence electrons. The fourth-order valence-corrected chi connectivity index (χ4v) is 2.04. The number of nitrogens with one attached hydrogen (secondary N) is 2. The molecule has 2 atom stereocenters. The molecule has 0 aromatic carbocycles. The second-order valence-corrected chi connectivity index (χ2v) is 5.02. The van der Waals surface area contributed by atoms with Gasteiger partial charge in [0.25, 0.3) is 0 Å². The Kier molecular flexibility index (Phi) is 10.0. The van der Waals surface area contributed by atoms with Crippen molar-refractivity contribution in [2.45, 2.75) is 52.0 Å². The van der Waals surface area contributed by atoms with Gasteiger partial charge in [0.2, 0.25) is 0 Å². The smallest absolute Gasteiger partial charge is 0.328 e. The number of urea groups is 1. The van der Waals surface area contributed by atoms with Crippen LogP contribution in [0.3, 0.4) is 0 Å². The largest absolute Gasteiger partial charge is 0.481 e. The van der Waals surface area contributed by atoms with Crippen LogP contribution in [-0.2, 0) is 14.3 Å². The number of methoxy groups -OCH3 is 1. The van der Waals surface area contributed by atoms with E-state index in [9.17, 15) is 14.4 Å². The average Bonchev–Trinajstić information content (AvgIpc) is 2.43. The lowest BCUT2D eigenvalue weighted by Crippen LogP contribution is -2.45. The standard InChI is InChI=1S/C14H26N2O5/c1-4-5-11(6-7-12(17)18)8-9-15-14(20)16-10(2)13(19)21-3/h10-11H,4-9H2,1-3H3,(H,17,18)(H2,15,16,20). The summed E-state index contributed by atoms with van der Waals surface area (Å²) < 4.78 is 4.50. The molecule has 0 spiro atoms. The number of carboxylic acids is 1. The minimum Gasteiger partial charge on any atom is -0.481 e. The highest BCUT2D eigenvalue weighted by molar-refractivity contribution is 5.83. The Morgan fingerprint density at radius 3 is 2.38 bits per heavy atom. The van der Waals surface area contributed by atoms with E-state index in [2.05, 4.69) is 15.4 Å². The van der Waals surface area contributed by atoms with E-state index in [1.54, 1.807) is 0 Å². The molecule has 7 nitrogen and oxygen atoms in total. The molecular formula is C14H26N2O5. The molecule has 2 unspecified atom stereocenters. The van der Waals surface area contributed by atoms with Crippen molar-refractivity contribution in [1.82, 2.24) is 10.6 Å². The zero-order chi connectivity index (χ0) is 16.3. The monoisotopic (exact) mass is 302 g/mol. The molecule has 0 heterocycles. The summed E-state index contributed by atoms with van der Waals surface area (Å²) in [6, 6.07) is -1.13. The predicted molar refractivity (Wildman–Crippen MR) is 77.9 cm³/mol. The first-order chi connectivity index (χ1) is 9.90. The highest BCUT2D eigenvalue weighted by atomic mass is 16.5. The molecule has 7 heteroatoms. The topological polar surface area (TPSA) is 105 Å². The Balaban J connectivity index is 3.99. The first-order valence-electron chi connectivity index (χ1n) is 7.24. The van der Waals surface area contributed by atoms with Gasteiger partial charge in [-0.25, -0.2) is 9.59 Å². The number of hydrogen-bond acceptors (Lipinski definition) is 4. The van der Waals surface area contributed by atoms with Crippen LogP contribution >= 0.6 is 0 Å². The average molecular weight is 302 g/mol. The minimum atomic E-state index is -0.797. The van der Waals surface area contributed by atoms with Crippen LogP contribution in [0.4, 0.5) is 4.79 Å². The highest BCUT2D eigenvalue weighted by Gasteiger charge is 2.16. The molecule has 0 fully saturated rings.